The summed E-state index contributed by atoms with van der Waals surface area (Å²) < 4.78 is 27.4. The Kier molecular flexibility index (Phi) is 7.12. The summed E-state index contributed by atoms with van der Waals surface area (Å²) in [5.41, 5.74) is 4.28. The molecule has 3 aromatic carbocycles. The van der Waals surface area contributed by atoms with Gasteiger partial charge in [-0.1, -0.05) is 66.7 Å². The lowest BCUT2D eigenvalue weighted by molar-refractivity contribution is 0.340. The van der Waals surface area contributed by atoms with Crippen LogP contribution in [-0.2, 0) is 23.4 Å². The van der Waals surface area contributed by atoms with Gasteiger partial charge in [-0.05, 0) is 41.3 Å². The monoisotopic (exact) mass is 460 g/mol. The molecular weight excluding hydrogens is 436 g/mol. The van der Waals surface area contributed by atoms with Crippen LogP contribution in [0.2, 0.25) is 0 Å². The molecule has 168 valence electrons. The van der Waals surface area contributed by atoms with E-state index in [1.54, 1.807) is 18.3 Å². The summed E-state index contributed by atoms with van der Waals surface area (Å²) in [4.78, 5) is 13.6. The zero-order chi connectivity index (χ0) is 23.2. The van der Waals surface area contributed by atoms with Crippen molar-refractivity contribution in [1.82, 2.24) is 9.78 Å². The maximum Gasteiger partial charge on any atom is 0.275 e. The van der Waals surface area contributed by atoms with Crippen molar-refractivity contribution in [3.8, 4) is 28.0 Å². The Bertz CT molecular complexity index is 1320. The fraction of sp³-hybridized carbons (Fsp3) is 0.154. The number of hydrogen-bond donors (Lipinski definition) is 1. The van der Waals surface area contributed by atoms with Crippen LogP contribution in [0, 0.1) is 0 Å². The first-order valence-corrected chi connectivity index (χ1v) is 11.9. The molecule has 4 aromatic rings. The van der Waals surface area contributed by atoms with Gasteiger partial charge in [-0.2, -0.15) is 5.10 Å². The van der Waals surface area contributed by atoms with Gasteiger partial charge in [0.1, 0.15) is 5.75 Å². The van der Waals surface area contributed by atoms with Crippen LogP contribution in [0.1, 0.15) is 18.1 Å². The molecule has 1 heterocycles. The minimum atomic E-state index is -1.91. The van der Waals surface area contributed by atoms with E-state index in [-0.39, 0.29) is 11.3 Å². The third kappa shape index (κ3) is 5.45. The molecule has 6 nitrogen and oxygen atoms in total. The maximum absolute atomic E-state index is 13.6. The number of hydrogen-bond acceptors (Lipinski definition) is 4. The van der Waals surface area contributed by atoms with E-state index >= 15 is 0 Å². The number of benzene rings is 3. The Morgan fingerprint density at radius 2 is 1.70 bits per heavy atom. The lowest BCUT2D eigenvalue weighted by atomic mass is 9.96. The molecule has 1 aromatic heterocycles. The minimum Gasteiger partial charge on any atom is -0.494 e. The average Bonchev–Trinajstić information content (AvgIpc) is 2.81. The van der Waals surface area contributed by atoms with Gasteiger partial charge in [0, 0.05) is 5.56 Å². The van der Waals surface area contributed by atoms with E-state index in [2.05, 4.69) is 5.10 Å². The highest BCUT2D eigenvalue weighted by Gasteiger charge is 2.16. The quantitative estimate of drug-likeness (QED) is 0.384. The fourth-order valence-corrected chi connectivity index (χ4v) is 4.16. The fourth-order valence-electron chi connectivity index (χ4n) is 3.69. The predicted octanol–water partition coefficient (Wildman–Crippen LogP) is 4.75. The summed E-state index contributed by atoms with van der Waals surface area (Å²) in [6.45, 7) is 2.80. The van der Waals surface area contributed by atoms with Gasteiger partial charge in [0.05, 0.1) is 30.7 Å². The van der Waals surface area contributed by atoms with E-state index in [4.69, 9.17) is 9.29 Å². The second-order valence-corrected chi connectivity index (χ2v) is 8.44. The molecule has 4 rings (SSSR count). The van der Waals surface area contributed by atoms with Crippen molar-refractivity contribution in [3.05, 3.63) is 107 Å². The van der Waals surface area contributed by atoms with Crippen molar-refractivity contribution >= 4 is 11.1 Å². The van der Waals surface area contributed by atoms with Crippen molar-refractivity contribution in [2.24, 2.45) is 0 Å². The van der Waals surface area contributed by atoms with E-state index in [0.29, 0.717) is 30.0 Å². The number of rotatable bonds is 8. The summed E-state index contributed by atoms with van der Waals surface area (Å²) in [6.07, 6.45) is 1.70. The van der Waals surface area contributed by atoms with Gasteiger partial charge in [-0.25, -0.2) is 8.89 Å². The summed E-state index contributed by atoms with van der Waals surface area (Å²) >= 11 is -1.91. The highest BCUT2D eigenvalue weighted by atomic mass is 32.2. The molecule has 1 unspecified atom stereocenters. The third-order valence-corrected chi connectivity index (χ3v) is 5.79. The van der Waals surface area contributed by atoms with Gasteiger partial charge in [-0.3, -0.25) is 4.79 Å². The van der Waals surface area contributed by atoms with Crippen LogP contribution in [0.3, 0.4) is 0 Å². The summed E-state index contributed by atoms with van der Waals surface area (Å²) in [5.74, 6) is 0.744. The van der Waals surface area contributed by atoms with Crippen LogP contribution in [0.4, 0.5) is 0 Å². The highest BCUT2D eigenvalue weighted by molar-refractivity contribution is 7.78. The second kappa shape index (κ2) is 10.4. The van der Waals surface area contributed by atoms with E-state index < -0.39 is 11.1 Å². The van der Waals surface area contributed by atoms with Crippen molar-refractivity contribution in [2.45, 2.75) is 19.2 Å². The van der Waals surface area contributed by atoms with Crippen LogP contribution in [0.25, 0.3) is 22.3 Å². The standard InChI is InChI=1S/C26H24N2O4S/c1-2-32-23-10-6-9-22(15-23)25-24(21-13-11-20(12-14-21)18-33(30)31)16-27-28(26(25)29)17-19-7-4-3-5-8-19/h3-16H,2,17-18H2,1H3,(H,30,31). The van der Waals surface area contributed by atoms with E-state index in [9.17, 15) is 9.00 Å². The van der Waals surface area contributed by atoms with Gasteiger partial charge in [-0.15, -0.1) is 0 Å². The van der Waals surface area contributed by atoms with Gasteiger partial charge >= 0.3 is 0 Å². The molecule has 0 saturated heterocycles. The van der Waals surface area contributed by atoms with Gasteiger partial charge in [0.25, 0.3) is 5.56 Å². The molecule has 1 N–H and O–H groups in total. The Labute approximate surface area is 194 Å². The van der Waals surface area contributed by atoms with Crippen LogP contribution in [0.5, 0.6) is 5.75 Å². The smallest absolute Gasteiger partial charge is 0.275 e. The first-order valence-electron chi connectivity index (χ1n) is 10.6. The summed E-state index contributed by atoms with van der Waals surface area (Å²) in [5, 5.41) is 4.45. The molecule has 1 atom stereocenters. The normalized spacial score (nSPS) is 11.8. The van der Waals surface area contributed by atoms with E-state index in [0.717, 1.165) is 22.3 Å². The molecule has 0 aliphatic carbocycles. The molecule has 33 heavy (non-hydrogen) atoms. The van der Waals surface area contributed by atoms with E-state index in [1.165, 1.54) is 4.68 Å². The molecule has 0 fully saturated rings. The molecular formula is C26H24N2O4S. The summed E-state index contributed by atoms with van der Waals surface area (Å²) in [7, 11) is 0. The van der Waals surface area contributed by atoms with Gasteiger partial charge < -0.3 is 9.29 Å². The van der Waals surface area contributed by atoms with Crippen LogP contribution in [0.15, 0.2) is 89.9 Å². The molecule has 0 aliphatic heterocycles. The lowest BCUT2D eigenvalue weighted by Crippen LogP contribution is -2.25. The van der Waals surface area contributed by atoms with Gasteiger partial charge in [0.2, 0.25) is 0 Å². The van der Waals surface area contributed by atoms with Crippen molar-refractivity contribution in [1.29, 1.82) is 0 Å². The minimum absolute atomic E-state index is 0.0560. The Morgan fingerprint density at radius 3 is 2.39 bits per heavy atom. The first kappa shape index (κ1) is 22.6. The Morgan fingerprint density at radius 1 is 0.939 bits per heavy atom. The van der Waals surface area contributed by atoms with Gasteiger partial charge in [0.15, 0.2) is 11.1 Å². The first-order chi connectivity index (χ1) is 16.0. The number of ether oxygens (including phenoxy) is 1. The van der Waals surface area contributed by atoms with Crippen LogP contribution < -0.4 is 10.3 Å². The lowest BCUT2D eigenvalue weighted by Gasteiger charge is -2.14. The SMILES string of the molecule is CCOc1cccc(-c2c(-c3ccc(CS(=O)O)cc3)cnn(Cc3ccccc3)c2=O)c1. The van der Waals surface area contributed by atoms with Crippen molar-refractivity contribution in [3.63, 3.8) is 0 Å². The van der Waals surface area contributed by atoms with Crippen LogP contribution >= 0.6 is 0 Å². The number of aromatic nitrogens is 2. The highest BCUT2D eigenvalue weighted by Crippen LogP contribution is 2.31. The molecule has 0 radical (unpaired) electrons. The van der Waals surface area contributed by atoms with Crippen LogP contribution in [-0.4, -0.2) is 25.1 Å². The zero-order valence-electron chi connectivity index (χ0n) is 18.2. The molecule has 0 aliphatic rings. The third-order valence-electron chi connectivity index (χ3n) is 5.21. The maximum atomic E-state index is 13.6. The largest absolute Gasteiger partial charge is 0.494 e. The molecule has 7 heteroatoms. The Hall–Kier alpha value is -3.55. The molecule has 0 amide bonds. The van der Waals surface area contributed by atoms with E-state index in [1.807, 2.05) is 73.7 Å². The molecule has 0 spiro atoms. The van der Waals surface area contributed by atoms with Crippen molar-refractivity contribution < 1.29 is 13.5 Å². The Balaban J connectivity index is 1.84. The van der Waals surface area contributed by atoms with Crippen molar-refractivity contribution in [2.75, 3.05) is 6.61 Å². The summed E-state index contributed by atoms with van der Waals surface area (Å²) in [6, 6.07) is 24.5. The topological polar surface area (TPSA) is 81.4 Å². The predicted molar refractivity (Wildman–Crippen MR) is 131 cm³/mol. The zero-order valence-corrected chi connectivity index (χ0v) is 19.0. The number of nitrogens with zero attached hydrogens (tertiary/aromatic N) is 2. The average molecular weight is 461 g/mol. The molecule has 0 saturated carbocycles. The second-order valence-electron chi connectivity index (χ2n) is 7.51. The molecule has 0 bridgehead atoms.